The number of aromatic amines is 1. The Labute approximate surface area is 136 Å². The molecule has 0 bridgehead atoms. The Bertz CT molecular complexity index is 567. The summed E-state index contributed by atoms with van der Waals surface area (Å²) in [6, 6.07) is 0. The SMILES string of the molecule is Cc1nc(CCCNC(=O)C2CCCN(C(=O)C3CC3)C2)n[nH]1. The normalized spacial score (nSPS) is 21.3. The van der Waals surface area contributed by atoms with Gasteiger partial charge in [-0.05, 0) is 39.0 Å². The van der Waals surface area contributed by atoms with Crippen LogP contribution in [0, 0.1) is 18.8 Å². The molecule has 7 heteroatoms. The zero-order valence-electron chi connectivity index (χ0n) is 13.7. The summed E-state index contributed by atoms with van der Waals surface area (Å²) >= 11 is 0. The minimum atomic E-state index is -0.0581. The molecule has 1 saturated heterocycles. The van der Waals surface area contributed by atoms with Crippen molar-refractivity contribution in [3.63, 3.8) is 0 Å². The van der Waals surface area contributed by atoms with Gasteiger partial charge in [-0.3, -0.25) is 14.7 Å². The molecule has 0 radical (unpaired) electrons. The molecule has 3 rings (SSSR count). The second kappa shape index (κ2) is 7.10. The van der Waals surface area contributed by atoms with E-state index >= 15 is 0 Å². The van der Waals surface area contributed by atoms with Crippen LogP contribution in [0.5, 0.6) is 0 Å². The van der Waals surface area contributed by atoms with E-state index in [1.54, 1.807) is 0 Å². The van der Waals surface area contributed by atoms with Crippen LogP contribution in [0.1, 0.15) is 43.8 Å². The first-order valence-electron chi connectivity index (χ1n) is 8.58. The lowest BCUT2D eigenvalue weighted by Gasteiger charge is -2.32. The van der Waals surface area contributed by atoms with Gasteiger partial charge in [0.1, 0.15) is 5.82 Å². The number of rotatable bonds is 6. The topological polar surface area (TPSA) is 91.0 Å². The lowest BCUT2D eigenvalue weighted by atomic mass is 9.96. The van der Waals surface area contributed by atoms with Crippen LogP contribution in [0.3, 0.4) is 0 Å². The number of hydrogen-bond acceptors (Lipinski definition) is 4. The Balaban J connectivity index is 1.38. The van der Waals surface area contributed by atoms with Crippen LogP contribution < -0.4 is 5.32 Å². The summed E-state index contributed by atoms with van der Waals surface area (Å²) in [4.78, 5) is 30.5. The van der Waals surface area contributed by atoms with Crippen molar-refractivity contribution in [1.82, 2.24) is 25.4 Å². The van der Waals surface area contributed by atoms with Gasteiger partial charge >= 0.3 is 0 Å². The maximum absolute atomic E-state index is 12.3. The number of nitrogens with zero attached hydrogens (tertiary/aromatic N) is 3. The molecule has 2 amide bonds. The first kappa shape index (κ1) is 16.0. The predicted molar refractivity (Wildman–Crippen MR) is 84.5 cm³/mol. The summed E-state index contributed by atoms with van der Waals surface area (Å²) in [5.74, 6) is 2.10. The fourth-order valence-corrected chi connectivity index (χ4v) is 3.08. The molecule has 0 aromatic carbocycles. The number of aryl methyl sites for hydroxylation is 2. The number of piperidine rings is 1. The third-order valence-corrected chi connectivity index (χ3v) is 4.55. The van der Waals surface area contributed by atoms with Crippen molar-refractivity contribution in [1.29, 1.82) is 0 Å². The van der Waals surface area contributed by atoms with E-state index in [-0.39, 0.29) is 23.7 Å². The van der Waals surface area contributed by atoms with Gasteiger partial charge in [-0.25, -0.2) is 4.98 Å². The van der Waals surface area contributed by atoms with Crippen molar-refractivity contribution < 1.29 is 9.59 Å². The van der Waals surface area contributed by atoms with Gasteiger partial charge in [-0.2, -0.15) is 5.10 Å². The van der Waals surface area contributed by atoms with Gasteiger partial charge in [0.15, 0.2) is 5.82 Å². The van der Waals surface area contributed by atoms with Crippen molar-refractivity contribution in [2.75, 3.05) is 19.6 Å². The molecule has 1 aliphatic carbocycles. The first-order chi connectivity index (χ1) is 11.1. The molecule has 1 unspecified atom stereocenters. The number of H-pyrrole nitrogens is 1. The smallest absolute Gasteiger partial charge is 0.225 e. The monoisotopic (exact) mass is 319 g/mol. The zero-order chi connectivity index (χ0) is 16.2. The molecule has 2 heterocycles. The molecule has 0 spiro atoms. The van der Waals surface area contributed by atoms with Gasteiger partial charge in [0.25, 0.3) is 0 Å². The van der Waals surface area contributed by atoms with Crippen LogP contribution in [-0.4, -0.2) is 51.5 Å². The summed E-state index contributed by atoms with van der Waals surface area (Å²) in [6.07, 6.45) is 5.41. The highest BCUT2D eigenvalue weighted by Gasteiger charge is 2.36. The molecule has 126 valence electrons. The summed E-state index contributed by atoms with van der Waals surface area (Å²) in [5, 5.41) is 9.89. The second-order valence-corrected chi connectivity index (χ2v) is 6.63. The van der Waals surface area contributed by atoms with E-state index in [0.29, 0.717) is 13.1 Å². The Hall–Kier alpha value is -1.92. The van der Waals surface area contributed by atoms with Crippen LogP contribution in [0.15, 0.2) is 0 Å². The third kappa shape index (κ3) is 4.30. The average Bonchev–Trinajstić information content (AvgIpc) is 3.33. The summed E-state index contributed by atoms with van der Waals surface area (Å²) < 4.78 is 0. The van der Waals surface area contributed by atoms with Crippen LogP contribution in [0.25, 0.3) is 0 Å². The van der Waals surface area contributed by atoms with E-state index in [9.17, 15) is 9.59 Å². The molecule has 2 fully saturated rings. The molecule has 2 N–H and O–H groups in total. The lowest BCUT2D eigenvalue weighted by molar-refractivity contribution is -0.136. The number of aromatic nitrogens is 3. The summed E-state index contributed by atoms with van der Waals surface area (Å²) in [5.41, 5.74) is 0. The highest BCUT2D eigenvalue weighted by Crippen LogP contribution is 2.32. The van der Waals surface area contributed by atoms with Crippen LogP contribution in [0.2, 0.25) is 0 Å². The largest absolute Gasteiger partial charge is 0.356 e. The van der Waals surface area contributed by atoms with Crippen LogP contribution in [-0.2, 0) is 16.0 Å². The van der Waals surface area contributed by atoms with Crippen molar-refractivity contribution in [3.05, 3.63) is 11.6 Å². The molecular weight excluding hydrogens is 294 g/mol. The summed E-state index contributed by atoms with van der Waals surface area (Å²) in [7, 11) is 0. The molecule has 23 heavy (non-hydrogen) atoms. The molecular formula is C16H25N5O2. The second-order valence-electron chi connectivity index (χ2n) is 6.63. The van der Waals surface area contributed by atoms with Crippen molar-refractivity contribution in [3.8, 4) is 0 Å². The predicted octanol–water partition coefficient (Wildman–Crippen LogP) is 0.811. The van der Waals surface area contributed by atoms with E-state index in [4.69, 9.17) is 0 Å². The summed E-state index contributed by atoms with van der Waals surface area (Å²) in [6.45, 7) is 3.89. The minimum absolute atomic E-state index is 0.0581. The number of hydrogen-bond donors (Lipinski definition) is 2. The van der Waals surface area contributed by atoms with Gasteiger partial charge < -0.3 is 10.2 Å². The maximum Gasteiger partial charge on any atom is 0.225 e. The highest BCUT2D eigenvalue weighted by atomic mass is 16.2. The molecule has 7 nitrogen and oxygen atoms in total. The Kier molecular flexibility index (Phi) is 4.93. The Morgan fingerprint density at radius 2 is 2.13 bits per heavy atom. The number of likely N-dealkylation sites (tertiary alicyclic amines) is 1. The highest BCUT2D eigenvalue weighted by molar-refractivity contribution is 5.83. The fraction of sp³-hybridized carbons (Fsp3) is 0.750. The van der Waals surface area contributed by atoms with Crippen molar-refractivity contribution >= 4 is 11.8 Å². The molecule has 1 aliphatic heterocycles. The number of carbonyl (C=O) groups is 2. The maximum atomic E-state index is 12.3. The molecule has 1 atom stereocenters. The first-order valence-corrected chi connectivity index (χ1v) is 8.58. The quantitative estimate of drug-likeness (QED) is 0.759. The van der Waals surface area contributed by atoms with Gasteiger partial charge in [0.2, 0.25) is 11.8 Å². The van der Waals surface area contributed by atoms with Gasteiger partial charge in [0.05, 0.1) is 5.92 Å². The zero-order valence-corrected chi connectivity index (χ0v) is 13.7. The standard InChI is InChI=1S/C16H25N5O2/c1-11-18-14(20-19-11)5-2-8-17-15(22)13-4-3-9-21(10-13)16(23)12-6-7-12/h12-13H,2-10H2,1H3,(H,17,22)(H,18,19,20). The fourth-order valence-electron chi connectivity index (χ4n) is 3.08. The van der Waals surface area contributed by atoms with Gasteiger partial charge in [-0.15, -0.1) is 0 Å². The lowest BCUT2D eigenvalue weighted by Crippen LogP contribution is -2.46. The van der Waals surface area contributed by atoms with E-state index in [1.165, 1.54) is 0 Å². The van der Waals surface area contributed by atoms with E-state index in [2.05, 4.69) is 20.5 Å². The van der Waals surface area contributed by atoms with Crippen LogP contribution in [0.4, 0.5) is 0 Å². The Morgan fingerprint density at radius 3 is 2.83 bits per heavy atom. The van der Waals surface area contributed by atoms with E-state index in [0.717, 1.165) is 56.7 Å². The molecule has 1 saturated carbocycles. The molecule has 1 aromatic rings. The third-order valence-electron chi connectivity index (χ3n) is 4.55. The number of nitrogens with one attached hydrogen (secondary N) is 2. The van der Waals surface area contributed by atoms with Gasteiger partial charge in [-0.1, -0.05) is 0 Å². The van der Waals surface area contributed by atoms with Crippen molar-refractivity contribution in [2.45, 2.75) is 45.4 Å². The number of carbonyl (C=O) groups excluding carboxylic acids is 2. The average molecular weight is 319 g/mol. The molecule has 1 aromatic heterocycles. The number of amides is 2. The van der Waals surface area contributed by atoms with Gasteiger partial charge in [0, 0.05) is 32.0 Å². The van der Waals surface area contributed by atoms with Crippen molar-refractivity contribution in [2.24, 2.45) is 11.8 Å². The molecule has 2 aliphatic rings. The minimum Gasteiger partial charge on any atom is -0.356 e. The van der Waals surface area contributed by atoms with E-state index in [1.807, 2.05) is 11.8 Å². The Morgan fingerprint density at radius 1 is 1.30 bits per heavy atom. The van der Waals surface area contributed by atoms with Crippen LogP contribution >= 0.6 is 0 Å². The van der Waals surface area contributed by atoms with E-state index < -0.39 is 0 Å².